The van der Waals surface area contributed by atoms with Crippen molar-refractivity contribution in [3.05, 3.63) is 48.0 Å². The summed E-state index contributed by atoms with van der Waals surface area (Å²) < 4.78 is 5.77. The van der Waals surface area contributed by atoms with Gasteiger partial charge in [0.2, 0.25) is 5.90 Å². The summed E-state index contributed by atoms with van der Waals surface area (Å²) in [7, 11) is 0. The third kappa shape index (κ3) is 3.26. The molecule has 3 rings (SSSR count). The third-order valence-corrected chi connectivity index (χ3v) is 5.18. The second-order valence-electron chi connectivity index (χ2n) is 7.03. The molecular weight excluding hydrogens is 270 g/mol. The van der Waals surface area contributed by atoms with Crippen molar-refractivity contribution in [3.63, 3.8) is 0 Å². The van der Waals surface area contributed by atoms with Crippen LogP contribution in [0.4, 0.5) is 0 Å². The van der Waals surface area contributed by atoms with E-state index in [0.29, 0.717) is 17.9 Å². The number of benzene rings is 1. The molecule has 2 nitrogen and oxygen atoms in total. The third-order valence-electron chi connectivity index (χ3n) is 5.18. The molecule has 0 radical (unpaired) electrons. The summed E-state index contributed by atoms with van der Waals surface area (Å²) >= 11 is 0. The Labute approximate surface area is 134 Å². The summed E-state index contributed by atoms with van der Waals surface area (Å²) in [4.78, 5) is 4.70. The van der Waals surface area contributed by atoms with Gasteiger partial charge in [0.15, 0.2) is 0 Å². The normalized spacial score (nSPS) is 28.3. The molecule has 0 saturated heterocycles. The van der Waals surface area contributed by atoms with Crippen molar-refractivity contribution in [1.29, 1.82) is 0 Å². The highest BCUT2D eigenvalue weighted by molar-refractivity contribution is 5.95. The van der Waals surface area contributed by atoms with Gasteiger partial charge in [-0.1, -0.05) is 32.1 Å². The zero-order chi connectivity index (χ0) is 15.5. The molecule has 0 bridgehead atoms. The Kier molecular flexibility index (Phi) is 4.66. The van der Waals surface area contributed by atoms with Crippen molar-refractivity contribution >= 4 is 5.90 Å². The second kappa shape index (κ2) is 6.68. The monoisotopic (exact) mass is 297 g/mol. The van der Waals surface area contributed by atoms with Crippen LogP contribution in [-0.2, 0) is 4.74 Å². The zero-order valence-electron chi connectivity index (χ0n) is 13.8. The highest BCUT2D eigenvalue weighted by Gasteiger charge is 2.24. The molecule has 0 spiro atoms. The van der Waals surface area contributed by atoms with E-state index in [1.54, 1.807) is 0 Å². The van der Waals surface area contributed by atoms with E-state index in [9.17, 15) is 0 Å². The fourth-order valence-electron chi connectivity index (χ4n) is 3.47. The van der Waals surface area contributed by atoms with Crippen LogP contribution in [0.2, 0.25) is 0 Å². The van der Waals surface area contributed by atoms with E-state index in [4.69, 9.17) is 9.73 Å². The average Bonchev–Trinajstić information content (AvgIpc) is 3.05. The number of hydrogen-bond donors (Lipinski definition) is 0. The van der Waals surface area contributed by atoms with Crippen LogP contribution in [0, 0.1) is 11.8 Å². The lowest BCUT2D eigenvalue weighted by molar-refractivity contribution is 0.292. The number of rotatable bonds is 4. The van der Waals surface area contributed by atoms with E-state index in [1.807, 2.05) is 0 Å². The molecule has 2 heteroatoms. The maximum absolute atomic E-state index is 5.77. The van der Waals surface area contributed by atoms with Crippen molar-refractivity contribution in [1.82, 2.24) is 0 Å². The van der Waals surface area contributed by atoms with Crippen LogP contribution in [0.1, 0.15) is 56.6 Å². The molecule has 1 atom stereocenters. The summed E-state index contributed by atoms with van der Waals surface area (Å²) in [6.07, 6.45) is 7.25. The standard InChI is InChI=1S/C20H27NO/c1-4-15-5-7-16(8-6-15)17-9-11-18(12-10-17)20-21-19(13-22-20)14(2)3/h4,9-12,14-16,19H,1,5-8,13H2,2-3H3/t15?,16?,19-/m1/s1. The Bertz CT molecular complexity index is 535. The molecule has 1 aromatic rings. The minimum Gasteiger partial charge on any atom is -0.475 e. The Morgan fingerprint density at radius 1 is 1.14 bits per heavy atom. The van der Waals surface area contributed by atoms with Crippen LogP contribution < -0.4 is 0 Å². The van der Waals surface area contributed by atoms with Crippen molar-refractivity contribution < 1.29 is 4.74 Å². The summed E-state index contributed by atoms with van der Waals surface area (Å²) in [5, 5.41) is 0. The molecule has 22 heavy (non-hydrogen) atoms. The molecule has 1 aromatic carbocycles. The first-order valence-electron chi connectivity index (χ1n) is 8.61. The summed E-state index contributed by atoms with van der Waals surface area (Å²) in [5.41, 5.74) is 2.58. The molecule has 2 aliphatic rings. The molecule has 1 saturated carbocycles. The number of ether oxygens (including phenoxy) is 1. The van der Waals surface area contributed by atoms with Gasteiger partial charge in [-0.25, -0.2) is 4.99 Å². The Hall–Kier alpha value is -1.57. The smallest absolute Gasteiger partial charge is 0.216 e. The first-order chi connectivity index (χ1) is 10.7. The molecule has 1 fully saturated rings. The lowest BCUT2D eigenvalue weighted by Crippen LogP contribution is -2.13. The van der Waals surface area contributed by atoms with Crippen LogP contribution in [-0.4, -0.2) is 18.5 Å². The van der Waals surface area contributed by atoms with Crippen molar-refractivity contribution in [2.75, 3.05) is 6.61 Å². The molecule has 0 N–H and O–H groups in total. The first kappa shape index (κ1) is 15.3. The van der Waals surface area contributed by atoms with E-state index < -0.39 is 0 Å². The van der Waals surface area contributed by atoms with Crippen molar-refractivity contribution in [3.8, 4) is 0 Å². The Morgan fingerprint density at radius 2 is 1.82 bits per heavy atom. The Balaban J connectivity index is 1.66. The maximum atomic E-state index is 5.77. The van der Waals surface area contributed by atoms with Crippen LogP contribution in [0.15, 0.2) is 41.9 Å². The molecule has 0 amide bonds. The van der Waals surface area contributed by atoms with Gasteiger partial charge in [0.1, 0.15) is 6.61 Å². The van der Waals surface area contributed by atoms with Gasteiger partial charge in [0.05, 0.1) is 6.04 Å². The topological polar surface area (TPSA) is 21.6 Å². The molecule has 0 unspecified atom stereocenters. The summed E-state index contributed by atoms with van der Waals surface area (Å²) in [6, 6.07) is 9.20. The summed E-state index contributed by atoms with van der Waals surface area (Å²) in [6.45, 7) is 9.05. The van der Waals surface area contributed by atoms with E-state index in [0.717, 1.165) is 24.0 Å². The lowest BCUT2D eigenvalue weighted by atomic mass is 9.79. The Morgan fingerprint density at radius 3 is 2.36 bits per heavy atom. The predicted octanol–water partition coefficient (Wildman–Crippen LogP) is 4.95. The highest BCUT2D eigenvalue weighted by Crippen LogP contribution is 2.36. The van der Waals surface area contributed by atoms with Crippen LogP contribution >= 0.6 is 0 Å². The second-order valence-corrected chi connectivity index (χ2v) is 7.03. The largest absolute Gasteiger partial charge is 0.475 e. The number of allylic oxidation sites excluding steroid dienone is 1. The van der Waals surface area contributed by atoms with E-state index in [1.165, 1.54) is 31.2 Å². The minimum atomic E-state index is 0.309. The molecule has 1 aliphatic heterocycles. The van der Waals surface area contributed by atoms with Gasteiger partial charge in [-0.15, -0.1) is 6.58 Å². The fraction of sp³-hybridized carbons (Fsp3) is 0.550. The van der Waals surface area contributed by atoms with Crippen molar-refractivity contribution in [2.45, 2.75) is 51.5 Å². The van der Waals surface area contributed by atoms with Gasteiger partial charge in [-0.3, -0.25) is 0 Å². The zero-order valence-corrected chi connectivity index (χ0v) is 13.8. The SMILES string of the molecule is C=CC1CCC(c2ccc(C3=N[C@@H](C(C)C)CO3)cc2)CC1. The lowest BCUT2D eigenvalue weighted by Gasteiger charge is -2.27. The highest BCUT2D eigenvalue weighted by atomic mass is 16.5. The molecule has 1 heterocycles. The van der Waals surface area contributed by atoms with Crippen molar-refractivity contribution in [2.24, 2.45) is 16.8 Å². The van der Waals surface area contributed by atoms with Gasteiger partial charge in [-0.05, 0) is 61.1 Å². The van der Waals surface area contributed by atoms with Gasteiger partial charge in [0.25, 0.3) is 0 Å². The number of nitrogens with zero attached hydrogens (tertiary/aromatic N) is 1. The first-order valence-corrected chi connectivity index (χ1v) is 8.61. The fourth-order valence-corrected chi connectivity index (χ4v) is 3.47. The van der Waals surface area contributed by atoms with E-state index in [-0.39, 0.29) is 0 Å². The molecule has 0 aromatic heterocycles. The van der Waals surface area contributed by atoms with Gasteiger partial charge >= 0.3 is 0 Å². The van der Waals surface area contributed by atoms with E-state index in [2.05, 4.69) is 50.8 Å². The van der Waals surface area contributed by atoms with Crippen LogP contribution in [0.25, 0.3) is 0 Å². The average molecular weight is 297 g/mol. The number of aliphatic imine (C=N–C) groups is 1. The molecule has 118 valence electrons. The number of hydrogen-bond acceptors (Lipinski definition) is 2. The molecule has 1 aliphatic carbocycles. The van der Waals surface area contributed by atoms with Gasteiger partial charge < -0.3 is 4.74 Å². The minimum absolute atomic E-state index is 0.309. The van der Waals surface area contributed by atoms with Crippen LogP contribution in [0.3, 0.4) is 0 Å². The summed E-state index contributed by atoms with van der Waals surface area (Å²) in [5.74, 6) is 2.79. The van der Waals surface area contributed by atoms with Gasteiger partial charge in [0, 0.05) is 5.56 Å². The molecular formula is C20H27NO. The quantitative estimate of drug-likeness (QED) is 0.721. The predicted molar refractivity (Wildman–Crippen MR) is 92.5 cm³/mol. The van der Waals surface area contributed by atoms with E-state index >= 15 is 0 Å². The maximum Gasteiger partial charge on any atom is 0.216 e. The van der Waals surface area contributed by atoms with Crippen LogP contribution in [0.5, 0.6) is 0 Å². The van der Waals surface area contributed by atoms with Gasteiger partial charge in [-0.2, -0.15) is 0 Å².